The summed E-state index contributed by atoms with van der Waals surface area (Å²) in [5.74, 6) is -2.34. The molecule has 1 heterocycles. The fraction of sp³-hybridized carbons (Fsp3) is 0.478. The third-order valence-electron chi connectivity index (χ3n) is 10.6. The van der Waals surface area contributed by atoms with Crippen LogP contribution in [-0.4, -0.2) is 87.1 Å². The second-order valence-electron chi connectivity index (χ2n) is 15.3. The van der Waals surface area contributed by atoms with E-state index in [4.69, 9.17) is 31.9 Å². The molecule has 4 rings (SSSR count). The normalized spacial score (nSPS) is 16.7. The van der Waals surface area contributed by atoms with Crippen LogP contribution < -0.4 is 53.3 Å². The third kappa shape index (κ3) is 13.7. The molecule has 4 bridgehead atoms. The van der Waals surface area contributed by atoms with E-state index >= 15 is 0 Å². The molecule has 0 aromatic heterocycles. The highest BCUT2D eigenvalue weighted by Crippen LogP contribution is 2.39. The molecule has 3 aromatic rings. The van der Waals surface area contributed by atoms with E-state index in [1.165, 1.54) is 19.3 Å². The first-order valence-electron chi connectivity index (χ1n) is 21.6. The molecule has 4 unspecified atom stereocenters. The van der Waals surface area contributed by atoms with Gasteiger partial charge in [-0.2, -0.15) is 5.26 Å². The van der Waals surface area contributed by atoms with Crippen LogP contribution in [0, 0.1) is 18.3 Å². The highest BCUT2D eigenvalue weighted by molar-refractivity contribution is 6.00. The Bertz CT molecular complexity index is 2050. The summed E-state index contributed by atoms with van der Waals surface area (Å²) < 4.78 is 12.1. The zero-order valence-corrected chi connectivity index (χ0v) is 36.1. The molecule has 334 valence electrons. The number of nitrogens with one attached hydrogen (secondary N) is 5. The van der Waals surface area contributed by atoms with Gasteiger partial charge in [0, 0.05) is 36.2 Å². The van der Waals surface area contributed by atoms with Crippen molar-refractivity contribution in [2.75, 3.05) is 39.4 Å². The molecule has 0 spiro atoms. The van der Waals surface area contributed by atoms with Crippen LogP contribution >= 0.6 is 0 Å². The summed E-state index contributed by atoms with van der Waals surface area (Å²) in [5, 5.41) is 22.8. The Morgan fingerprint density at radius 2 is 1.55 bits per heavy atom. The van der Waals surface area contributed by atoms with Gasteiger partial charge in [-0.05, 0) is 91.7 Å². The van der Waals surface area contributed by atoms with E-state index in [2.05, 4.69) is 33.5 Å². The second-order valence-corrected chi connectivity index (χ2v) is 15.3. The molecule has 11 N–H and O–H groups in total. The van der Waals surface area contributed by atoms with Gasteiger partial charge in [-0.1, -0.05) is 63.8 Å². The SMILES string of the molecule is CCCCCCCc1ccc(C(=O)NC(CCN)C(=O)NC2C(=O)NC(CC)C(=O)NC(C(=O)NCC#N)Cc3ccc(OCCN)c(c3)-c3cc2ccc3OCCN)c(C)c1. The van der Waals surface area contributed by atoms with Crippen LogP contribution in [0.5, 0.6) is 11.5 Å². The summed E-state index contributed by atoms with van der Waals surface area (Å²) in [6.07, 6.45) is 6.89. The molecule has 0 fully saturated rings. The zero-order chi connectivity index (χ0) is 45.0. The van der Waals surface area contributed by atoms with E-state index in [0.29, 0.717) is 39.3 Å². The molecule has 16 nitrogen and oxygen atoms in total. The number of nitriles is 1. The van der Waals surface area contributed by atoms with E-state index in [0.717, 1.165) is 30.4 Å². The van der Waals surface area contributed by atoms with Gasteiger partial charge >= 0.3 is 0 Å². The Kier molecular flexibility index (Phi) is 19.6. The standard InChI is InChI=1S/C46H63N9O7/c1-4-6-7-8-9-10-30-11-14-33(29(3)25-30)42(56)53-37(17-18-47)45(59)55-41-32-13-16-40(62-24-21-50)35(28-32)34-26-31(12-15-39(34)61-23-20-49)27-38(43(57)51-22-19-48)54-44(58)36(5-2)52-46(41)60/h11-16,25-26,28,36-38,41H,4-10,17-18,20-24,27,47,49-50H2,1-3H3,(H,51,57)(H,52,60)(H,53,56)(H,54,58)(H,55,59). The molecule has 0 aliphatic carbocycles. The number of amides is 5. The highest BCUT2D eigenvalue weighted by Gasteiger charge is 2.33. The van der Waals surface area contributed by atoms with Gasteiger partial charge in [0.15, 0.2) is 0 Å². The predicted octanol–water partition coefficient (Wildman–Crippen LogP) is 2.73. The summed E-state index contributed by atoms with van der Waals surface area (Å²) in [4.78, 5) is 69.6. The van der Waals surface area contributed by atoms with Crippen LogP contribution in [0.15, 0.2) is 54.6 Å². The van der Waals surface area contributed by atoms with Gasteiger partial charge < -0.3 is 53.3 Å². The second kappa shape index (κ2) is 25.0. The van der Waals surface area contributed by atoms with Crippen molar-refractivity contribution in [3.05, 3.63) is 82.4 Å². The number of nitrogens with zero attached hydrogens (tertiary/aromatic N) is 1. The fourth-order valence-corrected chi connectivity index (χ4v) is 7.30. The molecule has 0 saturated heterocycles. The van der Waals surface area contributed by atoms with Gasteiger partial charge in [0.05, 0.1) is 6.07 Å². The van der Waals surface area contributed by atoms with Gasteiger partial charge in [-0.15, -0.1) is 0 Å². The van der Waals surface area contributed by atoms with E-state index < -0.39 is 53.7 Å². The number of nitrogens with two attached hydrogens (primary N) is 3. The van der Waals surface area contributed by atoms with E-state index in [1.54, 1.807) is 49.4 Å². The first-order valence-corrected chi connectivity index (χ1v) is 21.6. The topological polar surface area (TPSA) is 266 Å². The summed E-state index contributed by atoms with van der Waals surface area (Å²) in [7, 11) is 0. The minimum Gasteiger partial charge on any atom is -0.492 e. The lowest BCUT2D eigenvalue weighted by Crippen LogP contribution is -2.56. The molecule has 4 atom stereocenters. The summed E-state index contributed by atoms with van der Waals surface area (Å²) in [6, 6.07) is 12.9. The van der Waals surface area contributed by atoms with Gasteiger partial charge in [0.2, 0.25) is 23.6 Å². The maximum Gasteiger partial charge on any atom is 0.252 e. The van der Waals surface area contributed by atoms with Crippen molar-refractivity contribution >= 4 is 29.5 Å². The Labute approximate surface area is 364 Å². The molecule has 62 heavy (non-hydrogen) atoms. The summed E-state index contributed by atoms with van der Waals surface area (Å²) >= 11 is 0. The number of carbonyl (C=O) groups is 5. The van der Waals surface area contributed by atoms with Crippen molar-refractivity contribution in [3.63, 3.8) is 0 Å². The molecule has 0 saturated carbocycles. The van der Waals surface area contributed by atoms with Crippen LogP contribution in [0.3, 0.4) is 0 Å². The van der Waals surface area contributed by atoms with E-state index in [1.807, 2.05) is 25.1 Å². The maximum absolute atomic E-state index is 14.4. The van der Waals surface area contributed by atoms with E-state index in [9.17, 15) is 24.0 Å². The number of aryl methyl sites for hydroxylation is 2. The number of unbranched alkanes of at least 4 members (excludes halogenated alkanes) is 4. The lowest BCUT2D eigenvalue weighted by Gasteiger charge is -2.27. The minimum absolute atomic E-state index is 0.0198. The van der Waals surface area contributed by atoms with Crippen LogP contribution in [0.1, 0.15) is 97.4 Å². The number of carbonyl (C=O) groups excluding carboxylic acids is 5. The molecule has 1 aliphatic heterocycles. The van der Waals surface area contributed by atoms with Crippen LogP contribution in [0.25, 0.3) is 11.1 Å². The number of rotatable bonds is 21. The number of hydrogen-bond acceptors (Lipinski definition) is 11. The van der Waals surface area contributed by atoms with Crippen molar-refractivity contribution in [1.82, 2.24) is 26.6 Å². The molecule has 1 aliphatic rings. The molecular formula is C46H63N9O7. The number of ether oxygens (including phenoxy) is 2. The Morgan fingerprint density at radius 3 is 2.19 bits per heavy atom. The molecule has 5 amide bonds. The monoisotopic (exact) mass is 853 g/mol. The number of fused-ring (bicyclic) bond motifs is 5. The summed E-state index contributed by atoms with van der Waals surface area (Å²) in [6.45, 7) is 6.21. The number of hydrogen-bond donors (Lipinski definition) is 8. The lowest BCUT2D eigenvalue weighted by atomic mass is 9.93. The summed E-state index contributed by atoms with van der Waals surface area (Å²) in [5.41, 5.74) is 21.8. The van der Waals surface area contributed by atoms with Gasteiger partial charge in [-0.3, -0.25) is 24.0 Å². The van der Waals surface area contributed by atoms with Crippen LogP contribution in [0.4, 0.5) is 0 Å². The van der Waals surface area contributed by atoms with E-state index in [-0.39, 0.29) is 58.7 Å². The molecule has 3 aromatic carbocycles. The zero-order valence-electron chi connectivity index (χ0n) is 36.1. The van der Waals surface area contributed by atoms with Gasteiger partial charge in [0.25, 0.3) is 5.91 Å². The third-order valence-corrected chi connectivity index (χ3v) is 10.6. The fourth-order valence-electron chi connectivity index (χ4n) is 7.30. The molecule has 0 radical (unpaired) electrons. The van der Waals surface area contributed by atoms with Crippen molar-refractivity contribution in [2.24, 2.45) is 17.2 Å². The first-order chi connectivity index (χ1) is 30.0. The Balaban J connectivity index is 1.77. The largest absolute Gasteiger partial charge is 0.492 e. The smallest absolute Gasteiger partial charge is 0.252 e. The lowest BCUT2D eigenvalue weighted by molar-refractivity contribution is -0.134. The van der Waals surface area contributed by atoms with Crippen LogP contribution in [-0.2, 0) is 32.0 Å². The molecular weight excluding hydrogens is 791 g/mol. The average molecular weight is 854 g/mol. The van der Waals surface area contributed by atoms with Crippen molar-refractivity contribution < 1.29 is 33.4 Å². The van der Waals surface area contributed by atoms with Crippen molar-refractivity contribution in [3.8, 4) is 28.7 Å². The highest BCUT2D eigenvalue weighted by atomic mass is 16.5. The Morgan fingerprint density at radius 1 is 0.855 bits per heavy atom. The quantitative estimate of drug-likeness (QED) is 0.0571. The van der Waals surface area contributed by atoms with Gasteiger partial charge in [-0.25, -0.2) is 0 Å². The first kappa shape index (κ1) is 48.6. The predicted molar refractivity (Wildman–Crippen MR) is 237 cm³/mol. The van der Waals surface area contributed by atoms with Gasteiger partial charge in [0.1, 0.15) is 55.4 Å². The van der Waals surface area contributed by atoms with Crippen LogP contribution in [0.2, 0.25) is 0 Å². The average Bonchev–Trinajstić information content (AvgIpc) is 3.26. The maximum atomic E-state index is 14.4. The minimum atomic E-state index is -1.41. The Hall–Kier alpha value is -6.02. The molecule has 16 heteroatoms. The number of benzene rings is 3. The van der Waals surface area contributed by atoms with Crippen molar-refractivity contribution in [1.29, 1.82) is 5.26 Å². The van der Waals surface area contributed by atoms with Crippen molar-refractivity contribution in [2.45, 2.75) is 103 Å².